The molecule has 0 saturated carbocycles. The first kappa shape index (κ1) is 30.1. The molecule has 6 aliphatic carbocycles. The summed E-state index contributed by atoms with van der Waals surface area (Å²) in [6.07, 6.45) is 0. The number of hydrogen-bond acceptors (Lipinski definition) is 4. The summed E-state index contributed by atoms with van der Waals surface area (Å²) < 4.78 is 0. The van der Waals surface area contributed by atoms with E-state index in [1.54, 1.807) is 0 Å². The van der Waals surface area contributed by atoms with Crippen LogP contribution in [-0.2, 0) is 19.2 Å². The standard InChI is InChI=1S/C48H32N2O4/c51-45-41-37-29-9-1-2-10-30(29)38(32-12-4-3-11-31(32)37)42(41)46(52)49(45)27-21-17-25(18-22-27)26-19-23-28(24-20-26)50-47(53)43-39-33-13-5-6-14-34(33)40(44(43)48(50)54)36-16-8-7-15-35(36)39/h1-24,37-44H/t37?,38?,39?,40?,41-,42+,43-,44+. The minimum Gasteiger partial charge on any atom is -0.274 e. The summed E-state index contributed by atoms with van der Waals surface area (Å²) in [4.78, 5) is 59.8. The minimum atomic E-state index is -0.433. The molecule has 0 N–H and O–H groups in total. The van der Waals surface area contributed by atoms with Crippen LogP contribution >= 0.6 is 0 Å². The van der Waals surface area contributed by atoms with Gasteiger partial charge < -0.3 is 0 Å². The third kappa shape index (κ3) is 3.65. The lowest BCUT2D eigenvalue weighted by molar-refractivity contribution is -0.124. The van der Waals surface area contributed by atoms with Gasteiger partial charge in [-0.05, 0) is 79.9 Å². The van der Waals surface area contributed by atoms with Gasteiger partial charge in [-0.25, -0.2) is 9.80 Å². The molecular weight excluding hydrogens is 669 g/mol. The largest absolute Gasteiger partial charge is 0.274 e. The van der Waals surface area contributed by atoms with Crippen molar-refractivity contribution >= 4 is 35.0 Å². The number of anilines is 2. The van der Waals surface area contributed by atoms with E-state index < -0.39 is 23.7 Å². The first-order valence-electron chi connectivity index (χ1n) is 18.8. The Hall–Kier alpha value is -6.40. The third-order valence-corrected chi connectivity index (χ3v) is 13.5. The molecule has 258 valence electrons. The second-order valence-electron chi connectivity index (χ2n) is 15.6. The van der Waals surface area contributed by atoms with Crippen LogP contribution in [0.5, 0.6) is 0 Å². The average Bonchev–Trinajstić information content (AvgIpc) is 3.65. The Kier molecular flexibility index (Phi) is 5.91. The van der Waals surface area contributed by atoms with E-state index >= 15 is 0 Å². The molecule has 54 heavy (non-hydrogen) atoms. The monoisotopic (exact) mass is 700 g/mol. The third-order valence-electron chi connectivity index (χ3n) is 13.5. The van der Waals surface area contributed by atoms with E-state index in [0.29, 0.717) is 11.4 Å². The van der Waals surface area contributed by atoms with Crippen molar-refractivity contribution in [2.75, 3.05) is 9.80 Å². The quantitative estimate of drug-likeness (QED) is 0.175. The van der Waals surface area contributed by atoms with E-state index in [4.69, 9.17) is 0 Å². The summed E-state index contributed by atoms with van der Waals surface area (Å²) in [6.45, 7) is 0. The summed E-state index contributed by atoms with van der Waals surface area (Å²) >= 11 is 0. The molecule has 2 fully saturated rings. The zero-order chi connectivity index (χ0) is 36.0. The van der Waals surface area contributed by atoms with Gasteiger partial charge in [-0.2, -0.15) is 0 Å². The summed E-state index contributed by atoms with van der Waals surface area (Å²) in [5, 5.41) is 0. The van der Waals surface area contributed by atoms with Gasteiger partial charge in [-0.15, -0.1) is 0 Å². The van der Waals surface area contributed by atoms with Gasteiger partial charge in [0.15, 0.2) is 0 Å². The van der Waals surface area contributed by atoms with Crippen molar-refractivity contribution < 1.29 is 19.2 Å². The predicted octanol–water partition coefficient (Wildman–Crippen LogP) is 8.15. The molecule has 6 aromatic carbocycles. The summed E-state index contributed by atoms with van der Waals surface area (Å²) in [5.41, 5.74) is 12.2. The Morgan fingerprint density at radius 1 is 0.278 bits per heavy atom. The Bertz CT molecular complexity index is 2250. The SMILES string of the molecule is O=C1[C@@H]2C3c4ccccc4C(c4ccccc43)[C@@H]2C(=O)N1c1ccc(-c2ccc(N3C(=O)[C@@H]4C5c6ccccc6C(c6ccccc65)[C@@H]4C3=O)cc2)cc1. The number of benzene rings is 6. The smallest absolute Gasteiger partial charge is 0.238 e. The predicted molar refractivity (Wildman–Crippen MR) is 204 cm³/mol. The van der Waals surface area contributed by atoms with Gasteiger partial charge in [0.25, 0.3) is 0 Å². The molecular formula is C48H32N2O4. The number of amides is 4. The van der Waals surface area contributed by atoms with Crippen LogP contribution < -0.4 is 9.80 Å². The van der Waals surface area contributed by atoms with E-state index in [-0.39, 0.29) is 47.3 Å². The van der Waals surface area contributed by atoms with Crippen LogP contribution in [0.1, 0.15) is 68.2 Å². The maximum Gasteiger partial charge on any atom is 0.238 e. The van der Waals surface area contributed by atoms with Crippen LogP contribution in [0.15, 0.2) is 146 Å². The van der Waals surface area contributed by atoms with Gasteiger partial charge >= 0.3 is 0 Å². The number of carbonyl (C=O) groups excluding carboxylic acids is 4. The van der Waals surface area contributed by atoms with Gasteiger partial charge in [0.1, 0.15) is 0 Å². The van der Waals surface area contributed by atoms with Gasteiger partial charge in [0.2, 0.25) is 23.6 Å². The molecule has 4 bridgehead atoms. The second kappa shape index (κ2) is 10.6. The van der Waals surface area contributed by atoms with Crippen molar-refractivity contribution in [3.8, 4) is 11.1 Å². The summed E-state index contributed by atoms with van der Waals surface area (Å²) in [5.74, 6) is -2.87. The van der Waals surface area contributed by atoms with Crippen LogP contribution in [0, 0.1) is 23.7 Å². The van der Waals surface area contributed by atoms with Crippen LogP contribution in [0.3, 0.4) is 0 Å². The van der Waals surface area contributed by atoms with Crippen molar-refractivity contribution in [1.82, 2.24) is 0 Å². The van der Waals surface area contributed by atoms with E-state index in [1.807, 2.05) is 97.1 Å². The van der Waals surface area contributed by atoms with Gasteiger partial charge in [0.05, 0.1) is 35.0 Å². The van der Waals surface area contributed by atoms with E-state index in [2.05, 4.69) is 48.5 Å². The number of rotatable bonds is 3. The molecule has 14 rings (SSSR count). The molecule has 4 atom stereocenters. The van der Waals surface area contributed by atoms with Crippen molar-refractivity contribution in [2.24, 2.45) is 23.7 Å². The zero-order valence-corrected chi connectivity index (χ0v) is 29.0. The minimum absolute atomic E-state index is 0.138. The fourth-order valence-corrected chi connectivity index (χ4v) is 11.5. The van der Waals surface area contributed by atoms with Crippen LogP contribution in [0.25, 0.3) is 11.1 Å². The number of hydrogen-bond donors (Lipinski definition) is 0. The normalized spacial score (nSPS) is 27.7. The van der Waals surface area contributed by atoms with E-state index in [9.17, 15) is 19.2 Å². The number of carbonyl (C=O) groups is 4. The molecule has 2 heterocycles. The highest BCUT2D eigenvalue weighted by Gasteiger charge is 2.63. The highest BCUT2D eigenvalue weighted by molar-refractivity contribution is 6.24. The van der Waals surface area contributed by atoms with Gasteiger partial charge in [-0.3, -0.25) is 19.2 Å². The molecule has 0 unspecified atom stereocenters. The topological polar surface area (TPSA) is 74.8 Å². The molecule has 6 nitrogen and oxygen atoms in total. The summed E-state index contributed by atoms with van der Waals surface area (Å²) in [6, 6.07) is 48.2. The van der Waals surface area contributed by atoms with Crippen molar-refractivity contribution in [1.29, 1.82) is 0 Å². The second-order valence-corrected chi connectivity index (χ2v) is 15.6. The molecule has 0 spiro atoms. The molecule has 2 saturated heterocycles. The van der Waals surface area contributed by atoms with E-state index in [1.165, 1.54) is 9.80 Å². The Morgan fingerprint density at radius 2 is 0.481 bits per heavy atom. The average molecular weight is 701 g/mol. The first-order valence-corrected chi connectivity index (χ1v) is 18.8. The lowest BCUT2D eigenvalue weighted by Gasteiger charge is -2.45. The molecule has 0 aromatic heterocycles. The molecule has 0 radical (unpaired) electrons. The number of imide groups is 2. The Labute approximate surface area is 311 Å². The lowest BCUT2D eigenvalue weighted by atomic mass is 9.55. The molecule has 6 aromatic rings. The zero-order valence-electron chi connectivity index (χ0n) is 29.0. The summed E-state index contributed by atoms with van der Waals surface area (Å²) in [7, 11) is 0. The van der Waals surface area contributed by atoms with Gasteiger partial charge in [-0.1, -0.05) is 121 Å². The number of nitrogens with zero attached hydrogens (tertiary/aromatic N) is 2. The lowest BCUT2D eigenvalue weighted by Crippen LogP contribution is -2.41. The van der Waals surface area contributed by atoms with Crippen LogP contribution in [0.2, 0.25) is 0 Å². The highest BCUT2D eigenvalue weighted by atomic mass is 16.2. The van der Waals surface area contributed by atoms with Crippen LogP contribution in [0.4, 0.5) is 11.4 Å². The Balaban J connectivity index is 0.833. The van der Waals surface area contributed by atoms with Crippen molar-refractivity contribution in [3.05, 3.63) is 190 Å². The highest BCUT2D eigenvalue weighted by Crippen LogP contribution is 2.63. The Morgan fingerprint density at radius 3 is 0.685 bits per heavy atom. The maximum atomic E-state index is 14.2. The molecule has 8 aliphatic rings. The molecule has 4 amide bonds. The first-order chi connectivity index (χ1) is 26.5. The van der Waals surface area contributed by atoms with Gasteiger partial charge in [0, 0.05) is 23.7 Å². The molecule has 2 aliphatic heterocycles. The molecule has 6 heteroatoms. The fourth-order valence-electron chi connectivity index (χ4n) is 11.5. The van der Waals surface area contributed by atoms with Crippen molar-refractivity contribution in [2.45, 2.75) is 23.7 Å². The van der Waals surface area contributed by atoms with Crippen LogP contribution in [-0.4, -0.2) is 23.6 Å². The van der Waals surface area contributed by atoms with E-state index in [0.717, 1.165) is 55.6 Å². The fraction of sp³-hybridized carbons (Fsp3) is 0.167. The maximum absolute atomic E-state index is 14.2. The van der Waals surface area contributed by atoms with Crippen molar-refractivity contribution in [3.63, 3.8) is 0 Å².